The van der Waals surface area contributed by atoms with E-state index in [2.05, 4.69) is 15.3 Å². The van der Waals surface area contributed by atoms with Crippen LogP contribution < -0.4 is 5.32 Å². The lowest BCUT2D eigenvalue weighted by Gasteiger charge is -2.12. The maximum atomic E-state index is 12.9. The molecule has 1 aromatic carbocycles. The number of hydrogen-bond donors (Lipinski definition) is 1. The van der Waals surface area contributed by atoms with Crippen molar-refractivity contribution in [2.24, 2.45) is 0 Å². The lowest BCUT2D eigenvalue weighted by atomic mass is 10.1. The number of hydrogen-bond acceptors (Lipinski definition) is 3. The van der Waals surface area contributed by atoms with Crippen molar-refractivity contribution in [3.05, 3.63) is 47.8 Å². The van der Waals surface area contributed by atoms with E-state index < -0.39 is 11.7 Å². The summed E-state index contributed by atoms with van der Waals surface area (Å²) in [6.45, 7) is 0.476. The van der Waals surface area contributed by atoms with Gasteiger partial charge in [0.1, 0.15) is 0 Å². The Bertz CT molecular complexity index is 567. The van der Waals surface area contributed by atoms with Crippen LogP contribution in [0, 0.1) is 0 Å². The van der Waals surface area contributed by atoms with Crippen molar-refractivity contribution >= 4 is 0 Å². The Morgan fingerprint density at radius 1 is 1.16 bits per heavy atom. The summed E-state index contributed by atoms with van der Waals surface area (Å²) in [6, 6.07) is 6.96. The maximum Gasteiger partial charge on any atom is 0.417 e. The molecule has 0 aliphatic heterocycles. The Labute approximate surface area is 108 Å². The van der Waals surface area contributed by atoms with E-state index in [1.54, 1.807) is 19.2 Å². The van der Waals surface area contributed by atoms with Gasteiger partial charge < -0.3 is 5.32 Å². The first-order valence-corrected chi connectivity index (χ1v) is 5.65. The summed E-state index contributed by atoms with van der Waals surface area (Å²) in [5.41, 5.74) is -0.0889. The molecule has 0 spiro atoms. The summed E-state index contributed by atoms with van der Waals surface area (Å²) >= 11 is 0. The van der Waals surface area contributed by atoms with Crippen LogP contribution in [-0.2, 0) is 12.7 Å². The van der Waals surface area contributed by atoms with E-state index in [4.69, 9.17) is 0 Å². The predicted molar refractivity (Wildman–Crippen MR) is 65.2 cm³/mol. The van der Waals surface area contributed by atoms with E-state index in [9.17, 15) is 13.2 Å². The van der Waals surface area contributed by atoms with E-state index in [-0.39, 0.29) is 11.4 Å². The van der Waals surface area contributed by atoms with E-state index in [0.29, 0.717) is 12.2 Å². The lowest BCUT2D eigenvalue weighted by Crippen LogP contribution is -2.10. The highest BCUT2D eigenvalue weighted by Crippen LogP contribution is 2.35. The fourth-order valence-corrected chi connectivity index (χ4v) is 1.73. The highest BCUT2D eigenvalue weighted by atomic mass is 19.4. The Morgan fingerprint density at radius 3 is 2.58 bits per heavy atom. The molecule has 1 aromatic heterocycles. The van der Waals surface area contributed by atoms with Gasteiger partial charge in [0.15, 0.2) is 5.82 Å². The smallest absolute Gasteiger partial charge is 0.314 e. The first-order chi connectivity index (χ1) is 9.02. The zero-order valence-corrected chi connectivity index (χ0v) is 10.2. The fraction of sp³-hybridized carbons (Fsp3) is 0.231. The first kappa shape index (κ1) is 13.5. The van der Waals surface area contributed by atoms with Gasteiger partial charge in [0.25, 0.3) is 0 Å². The van der Waals surface area contributed by atoms with Crippen LogP contribution in [0.15, 0.2) is 36.5 Å². The largest absolute Gasteiger partial charge is 0.417 e. The van der Waals surface area contributed by atoms with Gasteiger partial charge in [0.2, 0.25) is 0 Å². The van der Waals surface area contributed by atoms with E-state index in [0.717, 1.165) is 6.07 Å². The van der Waals surface area contributed by atoms with E-state index in [1.807, 2.05) is 0 Å². The van der Waals surface area contributed by atoms with E-state index in [1.165, 1.54) is 18.3 Å². The summed E-state index contributed by atoms with van der Waals surface area (Å²) in [7, 11) is 1.74. The number of halogens is 3. The molecule has 2 rings (SSSR count). The number of aromatic nitrogens is 2. The van der Waals surface area contributed by atoms with Crippen LogP contribution in [0.4, 0.5) is 13.2 Å². The summed E-state index contributed by atoms with van der Waals surface area (Å²) in [5, 5.41) is 2.90. The van der Waals surface area contributed by atoms with Gasteiger partial charge in [0, 0.05) is 18.3 Å². The fourth-order valence-electron chi connectivity index (χ4n) is 1.73. The predicted octanol–water partition coefficient (Wildman–Crippen LogP) is 2.88. The van der Waals surface area contributed by atoms with Crippen LogP contribution in [-0.4, -0.2) is 17.0 Å². The van der Waals surface area contributed by atoms with Crippen molar-refractivity contribution in [2.75, 3.05) is 7.05 Å². The zero-order chi connectivity index (χ0) is 13.9. The molecule has 3 nitrogen and oxygen atoms in total. The molecule has 0 saturated carbocycles. The Morgan fingerprint density at radius 2 is 1.89 bits per heavy atom. The molecule has 1 N–H and O–H groups in total. The van der Waals surface area contributed by atoms with Gasteiger partial charge in [-0.2, -0.15) is 13.2 Å². The molecular weight excluding hydrogens is 255 g/mol. The van der Waals surface area contributed by atoms with Gasteiger partial charge in [-0.3, -0.25) is 0 Å². The highest BCUT2D eigenvalue weighted by Gasteiger charge is 2.33. The number of alkyl halides is 3. The molecule has 19 heavy (non-hydrogen) atoms. The molecule has 0 saturated heterocycles. The third kappa shape index (κ3) is 3.08. The van der Waals surface area contributed by atoms with Gasteiger partial charge in [0.05, 0.1) is 11.3 Å². The van der Waals surface area contributed by atoms with Crippen molar-refractivity contribution in [2.45, 2.75) is 12.7 Å². The molecule has 6 heteroatoms. The minimum Gasteiger partial charge on any atom is -0.314 e. The average Bonchev–Trinajstić information content (AvgIpc) is 2.38. The summed E-state index contributed by atoms with van der Waals surface area (Å²) in [4.78, 5) is 8.06. The minimum atomic E-state index is -4.42. The molecule has 1 heterocycles. The number of benzene rings is 1. The average molecular weight is 267 g/mol. The van der Waals surface area contributed by atoms with Crippen LogP contribution in [0.3, 0.4) is 0 Å². The number of nitrogens with zero attached hydrogens (tertiary/aromatic N) is 2. The van der Waals surface area contributed by atoms with Gasteiger partial charge in [-0.1, -0.05) is 18.2 Å². The third-order valence-electron chi connectivity index (χ3n) is 2.54. The summed E-state index contributed by atoms with van der Waals surface area (Å²) < 4.78 is 38.7. The molecule has 100 valence electrons. The van der Waals surface area contributed by atoms with Crippen molar-refractivity contribution in [3.8, 4) is 11.4 Å². The highest BCUT2D eigenvalue weighted by molar-refractivity contribution is 5.61. The van der Waals surface area contributed by atoms with Crippen molar-refractivity contribution in [1.29, 1.82) is 0 Å². The minimum absolute atomic E-state index is 0.00652. The van der Waals surface area contributed by atoms with Crippen molar-refractivity contribution in [1.82, 2.24) is 15.3 Å². The molecule has 0 aliphatic rings. The molecule has 0 amide bonds. The number of nitrogens with one attached hydrogen (secondary N) is 1. The van der Waals surface area contributed by atoms with Gasteiger partial charge in [-0.15, -0.1) is 0 Å². The monoisotopic (exact) mass is 267 g/mol. The molecule has 0 fully saturated rings. The SMILES string of the molecule is CNCc1ccnc(-c2ccccc2C(F)(F)F)n1. The Balaban J connectivity index is 2.50. The van der Waals surface area contributed by atoms with Crippen LogP contribution in [0.25, 0.3) is 11.4 Å². The second kappa shape index (κ2) is 5.36. The van der Waals surface area contributed by atoms with Gasteiger partial charge in [-0.05, 0) is 19.2 Å². The maximum absolute atomic E-state index is 12.9. The standard InChI is InChI=1S/C13H12F3N3/c1-17-8-9-6-7-18-12(19-9)10-4-2-3-5-11(10)13(14,15)16/h2-7,17H,8H2,1H3. The zero-order valence-electron chi connectivity index (χ0n) is 10.2. The van der Waals surface area contributed by atoms with Crippen LogP contribution in [0.2, 0.25) is 0 Å². The Hall–Kier alpha value is -1.95. The normalized spacial score (nSPS) is 11.6. The van der Waals surface area contributed by atoms with Gasteiger partial charge >= 0.3 is 6.18 Å². The van der Waals surface area contributed by atoms with Crippen LogP contribution in [0.5, 0.6) is 0 Å². The topological polar surface area (TPSA) is 37.8 Å². The molecule has 0 bridgehead atoms. The van der Waals surface area contributed by atoms with Crippen molar-refractivity contribution in [3.63, 3.8) is 0 Å². The Kier molecular flexibility index (Phi) is 3.80. The number of rotatable bonds is 3. The van der Waals surface area contributed by atoms with E-state index >= 15 is 0 Å². The van der Waals surface area contributed by atoms with Crippen LogP contribution >= 0.6 is 0 Å². The molecule has 2 aromatic rings. The molecular formula is C13H12F3N3. The second-order valence-electron chi connectivity index (χ2n) is 3.95. The third-order valence-corrected chi connectivity index (χ3v) is 2.54. The first-order valence-electron chi connectivity index (χ1n) is 5.65. The molecule has 0 atom stereocenters. The summed E-state index contributed by atoms with van der Waals surface area (Å²) in [5.74, 6) is 0.0840. The van der Waals surface area contributed by atoms with Crippen LogP contribution in [0.1, 0.15) is 11.3 Å². The molecule has 0 unspecified atom stereocenters. The lowest BCUT2D eigenvalue weighted by molar-refractivity contribution is -0.137. The molecule has 0 aliphatic carbocycles. The van der Waals surface area contributed by atoms with Crippen molar-refractivity contribution < 1.29 is 13.2 Å². The second-order valence-corrected chi connectivity index (χ2v) is 3.95. The quantitative estimate of drug-likeness (QED) is 0.929. The summed E-state index contributed by atoms with van der Waals surface area (Å²) in [6.07, 6.45) is -2.96. The van der Waals surface area contributed by atoms with Gasteiger partial charge in [-0.25, -0.2) is 9.97 Å². The molecule has 0 radical (unpaired) electrons.